The predicted molar refractivity (Wildman–Crippen MR) is 81.0 cm³/mol. The number of alkyl carbamates (subject to hydrolysis) is 1. The second kappa shape index (κ2) is 8.84. The van der Waals surface area contributed by atoms with E-state index in [2.05, 4.69) is 11.9 Å². The summed E-state index contributed by atoms with van der Waals surface area (Å²) in [5.41, 5.74) is -0.294. The smallest absolute Gasteiger partial charge is 0.408 e. The van der Waals surface area contributed by atoms with E-state index in [0.29, 0.717) is 0 Å². The van der Waals surface area contributed by atoms with Gasteiger partial charge >= 0.3 is 12.1 Å². The van der Waals surface area contributed by atoms with Crippen molar-refractivity contribution in [1.82, 2.24) is 5.32 Å². The Balaban J connectivity index is 2.61. The quantitative estimate of drug-likeness (QED) is 0.565. The van der Waals surface area contributed by atoms with Crippen LogP contribution in [0.25, 0.3) is 0 Å². The zero-order valence-electron chi connectivity index (χ0n) is 12.6. The molecule has 6 heteroatoms. The molecule has 0 spiro atoms. The molecule has 1 aromatic rings. The maximum absolute atomic E-state index is 11.9. The van der Waals surface area contributed by atoms with E-state index >= 15 is 0 Å². The van der Waals surface area contributed by atoms with Crippen molar-refractivity contribution in [2.75, 3.05) is 13.2 Å². The largest absolute Gasteiger partial charge is 0.463 e. The van der Waals surface area contributed by atoms with E-state index in [1.54, 1.807) is 0 Å². The zero-order valence-corrected chi connectivity index (χ0v) is 12.6. The summed E-state index contributed by atoms with van der Waals surface area (Å²) in [5.74, 6) is -0.499. The molecule has 0 unspecified atom stereocenters. The van der Waals surface area contributed by atoms with Crippen molar-refractivity contribution in [3.05, 3.63) is 48.6 Å². The summed E-state index contributed by atoms with van der Waals surface area (Å²) in [5, 5.41) is 12.1. The average Bonchev–Trinajstić information content (AvgIpc) is 2.52. The number of nitrogens with one attached hydrogen (secondary N) is 1. The Bertz CT molecular complexity index is 503. The van der Waals surface area contributed by atoms with Crippen LogP contribution >= 0.6 is 0 Å². The van der Waals surface area contributed by atoms with Crippen LogP contribution in [0.2, 0.25) is 0 Å². The maximum Gasteiger partial charge on any atom is 0.408 e. The Kier molecular flexibility index (Phi) is 7.12. The van der Waals surface area contributed by atoms with E-state index < -0.39 is 24.2 Å². The molecule has 0 saturated heterocycles. The van der Waals surface area contributed by atoms with Gasteiger partial charge in [-0.05, 0) is 12.0 Å². The van der Waals surface area contributed by atoms with E-state index in [1.807, 2.05) is 30.3 Å². The number of amides is 1. The first kappa shape index (κ1) is 17.7. The molecule has 6 nitrogen and oxygen atoms in total. The standard InChI is InChI=1S/C16H21NO5/c1-3-9-16(11-18,12-22-13(2)19)17-15(20)21-10-14-7-5-4-6-8-14/h3-8,18H,1,9-12H2,2H3,(H,17,20)/t16-/m0/s1. The highest BCUT2D eigenvalue weighted by Gasteiger charge is 2.32. The van der Waals surface area contributed by atoms with Crippen LogP contribution in [0.15, 0.2) is 43.0 Å². The van der Waals surface area contributed by atoms with Crippen LogP contribution in [0.4, 0.5) is 4.79 Å². The minimum absolute atomic E-state index is 0.107. The van der Waals surface area contributed by atoms with Crippen molar-refractivity contribution in [1.29, 1.82) is 0 Å². The summed E-state index contributed by atoms with van der Waals surface area (Å²) < 4.78 is 10.0. The van der Waals surface area contributed by atoms with Crippen molar-refractivity contribution in [3.8, 4) is 0 Å². The first-order valence-corrected chi connectivity index (χ1v) is 6.85. The lowest BCUT2D eigenvalue weighted by Gasteiger charge is -2.30. The number of esters is 1. The average molecular weight is 307 g/mol. The molecule has 0 radical (unpaired) electrons. The molecule has 0 aliphatic heterocycles. The first-order valence-electron chi connectivity index (χ1n) is 6.85. The Morgan fingerprint density at radius 3 is 2.55 bits per heavy atom. The lowest BCUT2D eigenvalue weighted by atomic mass is 9.97. The number of hydrogen-bond acceptors (Lipinski definition) is 5. The molecule has 0 aliphatic carbocycles. The fraction of sp³-hybridized carbons (Fsp3) is 0.375. The molecule has 1 rings (SSSR count). The van der Waals surface area contributed by atoms with E-state index in [9.17, 15) is 14.7 Å². The minimum atomic E-state index is -1.14. The number of hydrogen-bond donors (Lipinski definition) is 2. The fourth-order valence-electron chi connectivity index (χ4n) is 1.79. The van der Waals surface area contributed by atoms with Crippen LogP contribution in [0.5, 0.6) is 0 Å². The van der Waals surface area contributed by atoms with Gasteiger partial charge in [0.1, 0.15) is 18.8 Å². The number of carbonyl (C=O) groups is 2. The summed E-state index contributed by atoms with van der Waals surface area (Å²) in [6.07, 6.45) is 1.06. The molecule has 0 aromatic heterocycles. The Labute approximate surface area is 129 Å². The predicted octanol–water partition coefficient (Wildman–Crippen LogP) is 1.78. The molecule has 0 fully saturated rings. The monoisotopic (exact) mass is 307 g/mol. The van der Waals surface area contributed by atoms with Crippen molar-refractivity contribution in [3.63, 3.8) is 0 Å². The van der Waals surface area contributed by atoms with Gasteiger partial charge in [0.2, 0.25) is 0 Å². The Morgan fingerprint density at radius 2 is 2.00 bits per heavy atom. The normalized spacial score (nSPS) is 12.8. The molecule has 120 valence electrons. The van der Waals surface area contributed by atoms with E-state index in [1.165, 1.54) is 13.0 Å². The van der Waals surface area contributed by atoms with Gasteiger partial charge < -0.3 is 19.9 Å². The molecule has 0 heterocycles. The van der Waals surface area contributed by atoms with Gasteiger partial charge in [-0.2, -0.15) is 0 Å². The zero-order chi connectivity index (χ0) is 16.4. The number of carbonyl (C=O) groups excluding carboxylic acids is 2. The summed E-state index contributed by atoms with van der Waals surface area (Å²) in [4.78, 5) is 22.8. The summed E-state index contributed by atoms with van der Waals surface area (Å²) in [6, 6.07) is 9.20. The number of rotatable bonds is 8. The van der Waals surface area contributed by atoms with Crippen LogP contribution in [0, 0.1) is 0 Å². The summed E-state index contributed by atoms with van der Waals surface area (Å²) in [6.45, 7) is 4.37. The third-order valence-corrected chi connectivity index (χ3v) is 2.97. The molecular weight excluding hydrogens is 286 g/mol. The molecule has 0 saturated carbocycles. The van der Waals surface area contributed by atoms with Gasteiger partial charge in [0, 0.05) is 6.92 Å². The summed E-state index contributed by atoms with van der Waals surface area (Å²) >= 11 is 0. The minimum Gasteiger partial charge on any atom is -0.463 e. The molecule has 1 atom stereocenters. The van der Waals surface area contributed by atoms with Gasteiger partial charge in [0.15, 0.2) is 0 Å². The Hall–Kier alpha value is -2.34. The second-order valence-corrected chi connectivity index (χ2v) is 4.90. The first-order chi connectivity index (χ1) is 10.5. The topological polar surface area (TPSA) is 84.9 Å². The van der Waals surface area contributed by atoms with Crippen molar-refractivity contribution >= 4 is 12.1 Å². The molecule has 1 aromatic carbocycles. The fourth-order valence-corrected chi connectivity index (χ4v) is 1.79. The van der Waals surface area contributed by atoms with Gasteiger partial charge in [-0.15, -0.1) is 6.58 Å². The van der Waals surface area contributed by atoms with E-state index in [0.717, 1.165) is 5.56 Å². The molecule has 2 N–H and O–H groups in total. The van der Waals surface area contributed by atoms with Crippen LogP contribution in [-0.2, 0) is 20.9 Å². The molecule has 0 bridgehead atoms. The van der Waals surface area contributed by atoms with Crippen molar-refractivity contribution in [2.45, 2.75) is 25.5 Å². The van der Waals surface area contributed by atoms with Gasteiger partial charge in [-0.1, -0.05) is 36.4 Å². The highest BCUT2D eigenvalue weighted by Crippen LogP contribution is 2.13. The highest BCUT2D eigenvalue weighted by atomic mass is 16.6. The number of aliphatic hydroxyl groups excluding tert-OH is 1. The van der Waals surface area contributed by atoms with Crippen LogP contribution < -0.4 is 5.32 Å². The lowest BCUT2D eigenvalue weighted by Crippen LogP contribution is -2.54. The number of aliphatic hydroxyl groups is 1. The van der Waals surface area contributed by atoms with Crippen LogP contribution in [-0.4, -0.2) is 35.9 Å². The highest BCUT2D eigenvalue weighted by molar-refractivity contribution is 5.69. The Morgan fingerprint density at radius 1 is 1.32 bits per heavy atom. The molecule has 22 heavy (non-hydrogen) atoms. The molecule has 0 aliphatic rings. The van der Waals surface area contributed by atoms with Crippen LogP contribution in [0.3, 0.4) is 0 Å². The van der Waals surface area contributed by atoms with E-state index in [4.69, 9.17) is 9.47 Å². The number of ether oxygens (including phenoxy) is 2. The van der Waals surface area contributed by atoms with Gasteiger partial charge in [-0.25, -0.2) is 4.79 Å². The van der Waals surface area contributed by atoms with E-state index in [-0.39, 0.29) is 19.6 Å². The molecule has 1 amide bonds. The SMILES string of the molecule is C=CC[C@](CO)(COC(C)=O)NC(=O)OCc1ccccc1. The van der Waals surface area contributed by atoms with Gasteiger partial charge in [0.05, 0.1) is 6.61 Å². The van der Waals surface area contributed by atoms with Gasteiger partial charge in [0.25, 0.3) is 0 Å². The van der Waals surface area contributed by atoms with Crippen molar-refractivity contribution < 1.29 is 24.2 Å². The number of benzene rings is 1. The van der Waals surface area contributed by atoms with Crippen LogP contribution in [0.1, 0.15) is 18.9 Å². The second-order valence-electron chi connectivity index (χ2n) is 4.90. The molecular formula is C16H21NO5. The maximum atomic E-state index is 11.9. The lowest BCUT2D eigenvalue weighted by molar-refractivity contribution is -0.143. The van der Waals surface area contributed by atoms with Gasteiger partial charge in [-0.3, -0.25) is 4.79 Å². The third kappa shape index (κ3) is 5.97. The third-order valence-electron chi connectivity index (χ3n) is 2.97. The summed E-state index contributed by atoms with van der Waals surface area (Å²) in [7, 11) is 0. The van der Waals surface area contributed by atoms with Crippen molar-refractivity contribution in [2.24, 2.45) is 0 Å².